The number of Topliss-reactive ketones (excluding diaryl/α,β-unsaturated/α-hetero) is 1. The quantitative estimate of drug-likeness (QED) is 0.427. The van der Waals surface area contributed by atoms with Crippen LogP contribution in [0.25, 0.3) is 0 Å². The molecule has 0 aliphatic rings. The molecule has 20 heavy (non-hydrogen) atoms. The number of rotatable bonds is 5. The van der Waals surface area contributed by atoms with E-state index >= 15 is 0 Å². The average Bonchev–Trinajstić information content (AvgIpc) is 2.84. The maximum absolute atomic E-state index is 11.6. The van der Waals surface area contributed by atoms with E-state index in [-0.39, 0.29) is 17.9 Å². The number of aromatic nitrogens is 1. The van der Waals surface area contributed by atoms with Gasteiger partial charge in [0.2, 0.25) is 5.78 Å². The van der Waals surface area contributed by atoms with Crippen LogP contribution in [0.4, 0.5) is 0 Å². The van der Waals surface area contributed by atoms with Gasteiger partial charge in [0.05, 0.1) is 12.3 Å². The number of aromatic amines is 1. The van der Waals surface area contributed by atoms with Crippen molar-refractivity contribution in [1.29, 1.82) is 0 Å². The second-order valence-corrected chi connectivity index (χ2v) is 6.10. The summed E-state index contributed by atoms with van der Waals surface area (Å²) in [6.07, 6.45) is -2.12. The van der Waals surface area contributed by atoms with Crippen LogP contribution in [0.15, 0.2) is 12.3 Å². The summed E-state index contributed by atoms with van der Waals surface area (Å²) < 4.78 is 2.42. The summed E-state index contributed by atoms with van der Waals surface area (Å²) in [5, 5.41) is 19.4. The Morgan fingerprint density at radius 1 is 1.40 bits per heavy atom. The predicted octanol–water partition coefficient (Wildman–Crippen LogP) is 1.52. The molecule has 0 fully saturated rings. The van der Waals surface area contributed by atoms with Crippen LogP contribution < -0.4 is 0 Å². The van der Waals surface area contributed by atoms with Crippen LogP contribution in [0.2, 0.25) is 0 Å². The highest BCUT2D eigenvalue weighted by Crippen LogP contribution is 2.31. The van der Waals surface area contributed by atoms with Gasteiger partial charge < -0.3 is 19.9 Å². The molecule has 1 heterocycles. The van der Waals surface area contributed by atoms with Crippen molar-refractivity contribution in [2.45, 2.75) is 22.9 Å². The number of carbonyl (C=O) groups is 2. The third-order valence-electron chi connectivity index (χ3n) is 2.38. The zero-order valence-corrected chi connectivity index (χ0v) is 12.5. The van der Waals surface area contributed by atoms with Crippen LogP contribution in [-0.2, 0) is 9.53 Å². The number of H-pyrrole nitrogens is 1. The molecule has 112 valence electrons. The molecule has 9 heteroatoms. The van der Waals surface area contributed by atoms with Crippen molar-refractivity contribution < 1.29 is 24.5 Å². The van der Waals surface area contributed by atoms with E-state index in [1.165, 1.54) is 12.3 Å². The molecule has 6 nitrogen and oxygen atoms in total. The minimum absolute atomic E-state index is 0.0623. The van der Waals surface area contributed by atoms with Gasteiger partial charge in [-0.2, -0.15) is 0 Å². The number of esters is 1. The molecule has 1 rings (SSSR count). The molecule has 3 N–H and O–H groups in total. The molecule has 1 aromatic rings. The molecular weight excluding hydrogens is 332 g/mol. The third-order valence-corrected chi connectivity index (χ3v) is 2.89. The van der Waals surface area contributed by atoms with Crippen molar-refractivity contribution in [2.24, 2.45) is 0 Å². The molecule has 1 aromatic heterocycles. The topological polar surface area (TPSA) is 99.6 Å². The Balaban J connectivity index is 2.86. The van der Waals surface area contributed by atoms with Crippen LogP contribution in [0.5, 0.6) is 0 Å². The summed E-state index contributed by atoms with van der Waals surface area (Å²) in [5.41, 5.74) is 0.0123. The largest absolute Gasteiger partial charge is 0.464 e. The summed E-state index contributed by atoms with van der Waals surface area (Å²) in [6, 6.07) is 1.18. The van der Waals surface area contributed by atoms with Crippen molar-refractivity contribution in [1.82, 2.24) is 4.98 Å². The number of halogens is 3. The monoisotopic (exact) mass is 343 g/mol. The fraction of sp³-hybridized carbons (Fsp3) is 0.455. The van der Waals surface area contributed by atoms with Gasteiger partial charge in [-0.25, -0.2) is 4.79 Å². The number of ether oxygens (including phenoxy) is 1. The minimum atomic E-state index is -2.15. The number of nitrogens with one attached hydrogen (secondary N) is 1. The zero-order chi connectivity index (χ0) is 15.5. The fourth-order valence-electron chi connectivity index (χ4n) is 1.40. The lowest BCUT2D eigenvalue weighted by molar-refractivity contribution is -0.159. The van der Waals surface area contributed by atoms with Gasteiger partial charge in [-0.15, -0.1) is 0 Å². The molecule has 0 aromatic carbocycles. The highest BCUT2D eigenvalue weighted by atomic mass is 35.6. The van der Waals surface area contributed by atoms with E-state index in [9.17, 15) is 19.8 Å². The molecule has 0 spiro atoms. The second-order valence-electron chi connectivity index (χ2n) is 3.82. The molecule has 0 radical (unpaired) electrons. The van der Waals surface area contributed by atoms with E-state index in [0.717, 1.165) is 0 Å². The minimum Gasteiger partial charge on any atom is -0.464 e. The Kier molecular flexibility index (Phi) is 5.85. The highest BCUT2D eigenvalue weighted by molar-refractivity contribution is 6.77. The van der Waals surface area contributed by atoms with E-state index in [0.29, 0.717) is 0 Å². The van der Waals surface area contributed by atoms with E-state index in [4.69, 9.17) is 34.8 Å². The van der Waals surface area contributed by atoms with Gasteiger partial charge in [-0.05, 0) is 13.0 Å². The summed E-state index contributed by atoms with van der Waals surface area (Å²) in [7, 11) is 0. The average molecular weight is 345 g/mol. The number of ketones is 1. The highest BCUT2D eigenvalue weighted by Gasteiger charge is 2.34. The summed E-state index contributed by atoms with van der Waals surface area (Å²) in [4.78, 5) is 25.4. The van der Waals surface area contributed by atoms with Crippen LogP contribution in [0.3, 0.4) is 0 Å². The molecule has 2 atom stereocenters. The Morgan fingerprint density at radius 2 is 2.00 bits per heavy atom. The lowest BCUT2D eigenvalue weighted by atomic mass is 10.1. The number of hydrogen-bond donors (Lipinski definition) is 3. The van der Waals surface area contributed by atoms with E-state index in [1.807, 2.05) is 0 Å². The Bertz CT molecular complexity index is 496. The first-order chi connectivity index (χ1) is 9.18. The molecule has 0 aliphatic carbocycles. The Hall–Kier alpha value is -0.790. The summed E-state index contributed by atoms with van der Waals surface area (Å²) in [6.45, 7) is 1.62. The summed E-state index contributed by atoms with van der Waals surface area (Å²) >= 11 is 16.3. The predicted molar refractivity (Wildman–Crippen MR) is 73.0 cm³/mol. The van der Waals surface area contributed by atoms with Gasteiger partial charge >= 0.3 is 5.97 Å². The van der Waals surface area contributed by atoms with Crippen LogP contribution in [-0.4, -0.2) is 43.5 Å². The molecule has 2 unspecified atom stereocenters. The van der Waals surface area contributed by atoms with Gasteiger partial charge in [0.15, 0.2) is 6.10 Å². The first-order valence-electron chi connectivity index (χ1n) is 5.51. The van der Waals surface area contributed by atoms with Crippen molar-refractivity contribution in [3.05, 3.63) is 23.5 Å². The van der Waals surface area contributed by atoms with Gasteiger partial charge in [0, 0.05) is 11.8 Å². The van der Waals surface area contributed by atoms with Crippen molar-refractivity contribution >= 4 is 46.6 Å². The van der Waals surface area contributed by atoms with Gasteiger partial charge in [0.1, 0.15) is 6.10 Å². The van der Waals surface area contributed by atoms with Gasteiger partial charge in [0.25, 0.3) is 3.79 Å². The van der Waals surface area contributed by atoms with E-state index < -0.39 is 27.8 Å². The van der Waals surface area contributed by atoms with Crippen molar-refractivity contribution in [2.75, 3.05) is 6.61 Å². The van der Waals surface area contributed by atoms with Crippen molar-refractivity contribution in [3.63, 3.8) is 0 Å². The lowest BCUT2D eigenvalue weighted by Gasteiger charge is -2.15. The molecule has 0 amide bonds. The molecule has 0 saturated heterocycles. The fourth-order valence-corrected chi connectivity index (χ4v) is 1.71. The first-order valence-corrected chi connectivity index (χ1v) is 6.64. The molecule has 0 aliphatic heterocycles. The first kappa shape index (κ1) is 17.3. The summed E-state index contributed by atoms with van der Waals surface area (Å²) in [5.74, 6) is -1.80. The molecular formula is C11H12Cl3NO5. The zero-order valence-electron chi connectivity index (χ0n) is 10.3. The third kappa shape index (κ3) is 4.10. The Labute approximate surface area is 129 Å². The van der Waals surface area contributed by atoms with Crippen LogP contribution >= 0.6 is 34.8 Å². The van der Waals surface area contributed by atoms with E-state index in [2.05, 4.69) is 9.72 Å². The van der Waals surface area contributed by atoms with Gasteiger partial charge in [-0.1, -0.05) is 34.8 Å². The normalized spacial score (nSPS) is 14.7. The smallest absolute Gasteiger partial charge is 0.338 e. The second kappa shape index (κ2) is 6.78. The molecule has 0 bridgehead atoms. The number of carbonyl (C=O) groups excluding carboxylic acids is 2. The maximum Gasteiger partial charge on any atom is 0.338 e. The standard InChI is InChI=1S/C11H12Cl3NO5/c1-2-20-10(19)8(17)7(16)5-3-6(15-4-5)9(18)11(12,13)14/h3-4,7-8,15-17H,2H2,1H3. The van der Waals surface area contributed by atoms with Crippen LogP contribution in [0.1, 0.15) is 29.1 Å². The SMILES string of the molecule is CCOC(=O)C(O)C(O)c1c[nH]c(C(=O)C(Cl)(Cl)Cl)c1. The molecule has 0 saturated carbocycles. The van der Waals surface area contributed by atoms with Gasteiger partial charge in [-0.3, -0.25) is 4.79 Å². The van der Waals surface area contributed by atoms with E-state index in [1.54, 1.807) is 6.92 Å². The number of aliphatic hydroxyl groups is 2. The Morgan fingerprint density at radius 3 is 2.50 bits per heavy atom. The number of alkyl halides is 3. The number of hydrogen-bond acceptors (Lipinski definition) is 5. The van der Waals surface area contributed by atoms with Crippen LogP contribution in [0, 0.1) is 0 Å². The number of aliphatic hydroxyl groups excluding tert-OH is 2. The van der Waals surface area contributed by atoms with Crippen molar-refractivity contribution in [3.8, 4) is 0 Å². The lowest BCUT2D eigenvalue weighted by Crippen LogP contribution is -2.29. The maximum atomic E-state index is 11.6.